The number of benzene rings is 2. The van der Waals surface area contributed by atoms with Crippen molar-refractivity contribution >= 4 is 31.7 Å². The molecule has 2 aromatic carbocycles. The first-order chi connectivity index (χ1) is 13.6. The van der Waals surface area contributed by atoms with Gasteiger partial charge in [-0.05, 0) is 42.5 Å². The Morgan fingerprint density at radius 3 is 2.03 bits per heavy atom. The van der Waals surface area contributed by atoms with Crippen LogP contribution >= 0.6 is 0 Å². The van der Waals surface area contributed by atoms with Crippen molar-refractivity contribution in [2.75, 3.05) is 24.9 Å². The van der Waals surface area contributed by atoms with E-state index in [2.05, 4.69) is 4.72 Å². The number of nitrogens with zero attached hydrogens (tertiary/aromatic N) is 1. The van der Waals surface area contributed by atoms with Crippen LogP contribution in [-0.2, 0) is 20.0 Å². The van der Waals surface area contributed by atoms with E-state index in [0.717, 1.165) is 24.3 Å². The monoisotopic (exact) mass is 442 g/mol. The van der Waals surface area contributed by atoms with E-state index in [4.69, 9.17) is 9.84 Å². The third-order valence-corrected chi connectivity index (χ3v) is 7.60. The lowest BCUT2D eigenvalue weighted by molar-refractivity contribution is 0.0696. The molecule has 0 heterocycles. The highest BCUT2D eigenvalue weighted by atomic mass is 32.2. The molecule has 29 heavy (non-hydrogen) atoms. The first-order valence-corrected chi connectivity index (χ1v) is 11.5. The van der Waals surface area contributed by atoms with Crippen LogP contribution in [0, 0.1) is 0 Å². The minimum absolute atomic E-state index is 0.0527. The number of hydrogen-bond donors (Lipinski definition) is 2. The van der Waals surface area contributed by atoms with Crippen LogP contribution < -0.4 is 9.46 Å². The SMILES string of the molecule is CCN(CC)S(=O)(=O)c1ccc(OC)c(NS(=O)(=O)c2ccc(C(=O)O)cc2)c1. The molecule has 0 spiro atoms. The zero-order valence-electron chi connectivity index (χ0n) is 16.1. The summed E-state index contributed by atoms with van der Waals surface area (Å²) in [5.41, 5.74) is -0.114. The molecule has 0 saturated carbocycles. The summed E-state index contributed by atoms with van der Waals surface area (Å²) in [6.45, 7) is 3.94. The molecule has 0 fully saturated rings. The van der Waals surface area contributed by atoms with Gasteiger partial charge < -0.3 is 9.84 Å². The molecule has 2 N–H and O–H groups in total. The van der Waals surface area contributed by atoms with E-state index >= 15 is 0 Å². The molecule has 158 valence electrons. The third kappa shape index (κ3) is 4.86. The fourth-order valence-electron chi connectivity index (χ4n) is 2.62. The summed E-state index contributed by atoms with van der Waals surface area (Å²) in [6.07, 6.45) is 0. The highest BCUT2D eigenvalue weighted by Gasteiger charge is 2.24. The third-order valence-electron chi connectivity index (χ3n) is 4.17. The molecule has 0 radical (unpaired) electrons. The lowest BCUT2D eigenvalue weighted by Crippen LogP contribution is -2.30. The maximum atomic E-state index is 12.7. The normalized spacial score (nSPS) is 12.0. The Morgan fingerprint density at radius 2 is 1.55 bits per heavy atom. The van der Waals surface area contributed by atoms with Gasteiger partial charge in [-0.15, -0.1) is 0 Å². The predicted octanol–water partition coefficient (Wildman–Crippen LogP) is 2.22. The molecule has 0 aromatic heterocycles. The zero-order chi connectivity index (χ0) is 21.8. The highest BCUT2D eigenvalue weighted by molar-refractivity contribution is 7.92. The van der Waals surface area contributed by atoms with Crippen LogP contribution in [0.4, 0.5) is 5.69 Å². The van der Waals surface area contributed by atoms with Crippen LogP contribution in [0.5, 0.6) is 5.75 Å². The second-order valence-electron chi connectivity index (χ2n) is 5.89. The number of sulfonamides is 2. The van der Waals surface area contributed by atoms with Gasteiger partial charge in [0, 0.05) is 13.1 Å². The summed E-state index contributed by atoms with van der Waals surface area (Å²) in [7, 11) is -6.59. The smallest absolute Gasteiger partial charge is 0.335 e. The molecule has 0 atom stereocenters. The van der Waals surface area contributed by atoms with Gasteiger partial charge in [-0.1, -0.05) is 13.8 Å². The van der Waals surface area contributed by atoms with Gasteiger partial charge >= 0.3 is 5.97 Å². The molecule has 0 aliphatic rings. The van der Waals surface area contributed by atoms with E-state index in [0.29, 0.717) is 0 Å². The van der Waals surface area contributed by atoms with Crippen molar-refractivity contribution in [1.82, 2.24) is 4.31 Å². The summed E-state index contributed by atoms with van der Waals surface area (Å²) in [6, 6.07) is 8.51. The van der Waals surface area contributed by atoms with Crippen molar-refractivity contribution in [3.63, 3.8) is 0 Å². The second-order valence-corrected chi connectivity index (χ2v) is 9.51. The van der Waals surface area contributed by atoms with Crippen molar-refractivity contribution < 1.29 is 31.5 Å². The maximum absolute atomic E-state index is 12.7. The van der Waals surface area contributed by atoms with Crippen LogP contribution in [0.1, 0.15) is 24.2 Å². The summed E-state index contributed by atoms with van der Waals surface area (Å²) < 4.78 is 59.5. The number of anilines is 1. The van der Waals surface area contributed by atoms with Crippen molar-refractivity contribution in [3.05, 3.63) is 48.0 Å². The molecule has 0 aliphatic carbocycles. The minimum atomic E-state index is -4.11. The van der Waals surface area contributed by atoms with Gasteiger partial charge in [0.1, 0.15) is 5.75 Å². The Hall–Kier alpha value is -2.63. The van der Waals surface area contributed by atoms with E-state index in [-0.39, 0.29) is 39.9 Å². The van der Waals surface area contributed by atoms with Gasteiger partial charge in [0.15, 0.2) is 0 Å². The number of methoxy groups -OCH3 is 1. The van der Waals surface area contributed by atoms with Crippen molar-refractivity contribution in [1.29, 1.82) is 0 Å². The van der Waals surface area contributed by atoms with Crippen molar-refractivity contribution in [2.24, 2.45) is 0 Å². The number of carboxylic acids is 1. The van der Waals surface area contributed by atoms with Crippen LogP contribution in [-0.4, -0.2) is 52.4 Å². The molecule has 0 unspecified atom stereocenters. The topological polar surface area (TPSA) is 130 Å². The number of carbonyl (C=O) groups is 1. The Labute approximate surface area is 170 Å². The maximum Gasteiger partial charge on any atom is 0.335 e. The quantitative estimate of drug-likeness (QED) is 0.609. The lowest BCUT2D eigenvalue weighted by atomic mass is 10.2. The average molecular weight is 443 g/mol. The summed E-state index contributed by atoms with van der Waals surface area (Å²) >= 11 is 0. The Balaban J connectivity index is 2.46. The van der Waals surface area contributed by atoms with E-state index < -0.39 is 26.0 Å². The van der Waals surface area contributed by atoms with Crippen molar-refractivity contribution in [3.8, 4) is 5.75 Å². The molecular formula is C18H22N2O7S2. The summed E-state index contributed by atoms with van der Waals surface area (Å²) in [4.78, 5) is 10.7. The molecule has 11 heteroatoms. The van der Waals surface area contributed by atoms with Gasteiger partial charge in [-0.2, -0.15) is 4.31 Å². The zero-order valence-corrected chi connectivity index (χ0v) is 17.7. The highest BCUT2D eigenvalue weighted by Crippen LogP contribution is 2.31. The molecule has 0 saturated heterocycles. The van der Waals surface area contributed by atoms with Gasteiger partial charge in [-0.25, -0.2) is 21.6 Å². The molecule has 2 aromatic rings. The Bertz CT molecular complexity index is 1090. The number of ether oxygens (including phenoxy) is 1. The molecule has 9 nitrogen and oxygen atoms in total. The van der Waals surface area contributed by atoms with Crippen molar-refractivity contribution in [2.45, 2.75) is 23.6 Å². The minimum Gasteiger partial charge on any atom is -0.495 e. The van der Waals surface area contributed by atoms with E-state index in [1.165, 1.54) is 29.6 Å². The molecule has 0 amide bonds. The number of carboxylic acid groups (broad SMARTS) is 1. The van der Waals surface area contributed by atoms with Gasteiger partial charge in [-0.3, -0.25) is 4.72 Å². The molecule has 2 rings (SSSR count). The number of hydrogen-bond acceptors (Lipinski definition) is 6. The van der Waals surface area contributed by atoms with E-state index in [1.807, 2.05) is 0 Å². The van der Waals surface area contributed by atoms with Gasteiger partial charge in [0.2, 0.25) is 10.0 Å². The van der Waals surface area contributed by atoms with Crippen LogP contribution in [0.3, 0.4) is 0 Å². The van der Waals surface area contributed by atoms with Crippen LogP contribution in [0.25, 0.3) is 0 Å². The van der Waals surface area contributed by atoms with Gasteiger partial charge in [0.05, 0.1) is 28.2 Å². The fourth-order valence-corrected chi connectivity index (χ4v) is 5.17. The number of nitrogens with one attached hydrogen (secondary N) is 1. The summed E-state index contributed by atoms with van der Waals surface area (Å²) in [5.74, 6) is -1.05. The summed E-state index contributed by atoms with van der Waals surface area (Å²) in [5, 5.41) is 8.93. The van der Waals surface area contributed by atoms with E-state index in [1.54, 1.807) is 13.8 Å². The Kier molecular flexibility index (Phi) is 6.88. The number of rotatable bonds is 9. The number of aromatic carboxylic acids is 1. The molecule has 0 bridgehead atoms. The standard InChI is InChI=1S/C18H22N2O7S2/c1-4-20(5-2)29(25,26)15-10-11-17(27-3)16(12-15)19-28(23,24)14-8-6-13(7-9-14)18(21)22/h6-12,19H,4-5H2,1-3H3,(H,21,22). The van der Waals surface area contributed by atoms with Gasteiger partial charge in [0.25, 0.3) is 10.0 Å². The molecule has 0 aliphatic heterocycles. The first kappa shape index (κ1) is 22.7. The Morgan fingerprint density at radius 1 is 1.00 bits per heavy atom. The predicted molar refractivity (Wildman–Crippen MR) is 107 cm³/mol. The van der Waals surface area contributed by atoms with E-state index in [9.17, 15) is 21.6 Å². The van der Waals surface area contributed by atoms with Crippen LogP contribution in [0.2, 0.25) is 0 Å². The first-order valence-electron chi connectivity index (χ1n) is 8.61. The average Bonchev–Trinajstić information content (AvgIpc) is 2.68. The molecular weight excluding hydrogens is 420 g/mol. The lowest BCUT2D eigenvalue weighted by Gasteiger charge is -2.20. The second kappa shape index (κ2) is 8.80. The fraction of sp³-hybridized carbons (Fsp3) is 0.278. The van der Waals surface area contributed by atoms with Crippen LogP contribution in [0.15, 0.2) is 52.3 Å². The largest absolute Gasteiger partial charge is 0.495 e.